The van der Waals surface area contributed by atoms with Crippen LogP contribution in [0.1, 0.15) is 54.3 Å². The van der Waals surface area contributed by atoms with E-state index >= 15 is 0 Å². The number of benzene rings is 1. The third-order valence-corrected chi connectivity index (χ3v) is 2.63. The standard InChI is InChI=1S/C12H12O4.C4H6O2/c1-2-5-10(13)11(14)8-6-3-4-7-9(8)12(15)16;1-3(5)4(2)6/h3-4,6-7H,2,5H2,1H3,(H,15,16);1-2H3. The summed E-state index contributed by atoms with van der Waals surface area (Å²) in [5.41, 5.74) is -0.162. The van der Waals surface area contributed by atoms with Crippen LogP contribution in [-0.2, 0) is 14.4 Å². The molecule has 0 amide bonds. The molecule has 6 heteroatoms. The van der Waals surface area contributed by atoms with Gasteiger partial charge in [-0.3, -0.25) is 19.2 Å². The van der Waals surface area contributed by atoms with Crippen LogP contribution in [0.5, 0.6) is 0 Å². The number of rotatable bonds is 6. The molecule has 0 heterocycles. The van der Waals surface area contributed by atoms with E-state index in [0.717, 1.165) is 0 Å². The van der Waals surface area contributed by atoms with Crippen LogP contribution in [0.25, 0.3) is 0 Å². The second-order valence-electron chi connectivity index (χ2n) is 4.47. The summed E-state index contributed by atoms with van der Waals surface area (Å²) in [5.74, 6) is -3.23. The fraction of sp³-hybridized carbons (Fsp3) is 0.312. The Kier molecular flexibility index (Phi) is 8.22. The molecule has 1 rings (SSSR count). The predicted octanol–water partition coefficient (Wildman–Crippen LogP) is 2.10. The molecule has 0 atom stereocenters. The molecule has 0 unspecified atom stereocenters. The third-order valence-electron chi connectivity index (χ3n) is 2.63. The average Bonchev–Trinajstić information content (AvgIpc) is 2.47. The number of carbonyl (C=O) groups excluding carboxylic acids is 4. The molecule has 0 aromatic heterocycles. The van der Waals surface area contributed by atoms with Crippen molar-refractivity contribution in [1.82, 2.24) is 0 Å². The summed E-state index contributed by atoms with van der Waals surface area (Å²) in [5, 5.41) is 8.86. The van der Waals surface area contributed by atoms with E-state index in [9.17, 15) is 24.0 Å². The second-order valence-corrected chi connectivity index (χ2v) is 4.47. The van der Waals surface area contributed by atoms with Crippen molar-refractivity contribution in [3.63, 3.8) is 0 Å². The minimum atomic E-state index is -1.20. The van der Waals surface area contributed by atoms with Gasteiger partial charge in [0.05, 0.1) is 5.56 Å². The number of carboxylic acids is 1. The molecule has 0 radical (unpaired) electrons. The topological polar surface area (TPSA) is 106 Å². The lowest BCUT2D eigenvalue weighted by Crippen LogP contribution is -2.17. The van der Waals surface area contributed by atoms with Gasteiger partial charge >= 0.3 is 5.97 Å². The van der Waals surface area contributed by atoms with Crippen LogP contribution in [0.15, 0.2) is 24.3 Å². The second kappa shape index (κ2) is 9.33. The SMILES string of the molecule is CC(=O)C(C)=O.CCCC(=O)C(=O)c1ccccc1C(=O)O. The molecule has 0 bridgehead atoms. The van der Waals surface area contributed by atoms with Gasteiger partial charge in [0.1, 0.15) is 0 Å². The normalized spacial score (nSPS) is 9.23. The smallest absolute Gasteiger partial charge is 0.336 e. The van der Waals surface area contributed by atoms with Crippen LogP contribution in [0.3, 0.4) is 0 Å². The Morgan fingerprint density at radius 1 is 0.909 bits per heavy atom. The van der Waals surface area contributed by atoms with Gasteiger partial charge < -0.3 is 5.11 Å². The Balaban J connectivity index is 0.000000626. The average molecular weight is 306 g/mol. The Labute approximate surface area is 128 Å². The number of carbonyl (C=O) groups is 5. The molecule has 0 aliphatic heterocycles. The number of carboxylic acid groups (broad SMARTS) is 1. The molecule has 118 valence electrons. The molecule has 22 heavy (non-hydrogen) atoms. The van der Waals surface area contributed by atoms with Crippen LogP contribution < -0.4 is 0 Å². The van der Waals surface area contributed by atoms with Crippen LogP contribution in [-0.4, -0.2) is 34.2 Å². The van der Waals surface area contributed by atoms with E-state index in [1.54, 1.807) is 13.0 Å². The maximum Gasteiger partial charge on any atom is 0.336 e. The maximum absolute atomic E-state index is 11.6. The molecule has 1 N–H and O–H groups in total. The lowest BCUT2D eigenvalue weighted by atomic mass is 9.99. The molecular formula is C16H18O6. The van der Waals surface area contributed by atoms with Gasteiger partial charge in [0.25, 0.3) is 0 Å². The van der Waals surface area contributed by atoms with E-state index in [-0.39, 0.29) is 29.1 Å². The van der Waals surface area contributed by atoms with Crippen molar-refractivity contribution in [3.8, 4) is 0 Å². The van der Waals surface area contributed by atoms with E-state index in [1.807, 2.05) is 0 Å². The lowest BCUT2D eigenvalue weighted by Gasteiger charge is -2.03. The molecular weight excluding hydrogens is 288 g/mol. The first-order chi connectivity index (χ1) is 10.2. The Morgan fingerprint density at radius 2 is 1.36 bits per heavy atom. The van der Waals surface area contributed by atoms with E-state index in [1.165, 1.54) is 32.0 Å². The molecule has 0 spiro atoms. The minimum absolute atomic E-state index is 0.0338. The highest BCUT2D eigenvalue weighted by Gasteiger charge is 2.20. The van der Waals surface area contributed by atoms with E-state index in [0.29, 0.717) is 6.42 Å². The highest BCUT2D eigenvalue weighted by molar-refractivity contribution is 6.44. The first-order valence-corrected chi connectivity index (χ1v) is 6.63. The molecule has 1 aromatic rings. The lowest BCUT2D eigenvalue weighted by molar-refractivity contribution is -0.134. The summed E-state index contributed by atoms with van der Waals surface area (Å²) in [6.07, 6.45) is 0.715. The van der Waals surface area contributed by atoms with Crippen molar-refractivity contribution in [1.29, 1.82) is 0 Å². The van der Waals surface area contributed by atoms with Crippen molar-refractivity contribution >= 4 is 29.1 Å². The van der Waals surface area contributed by atoms with E-state index < -0.39 is 17.5 Å². The summed E-state index contributed by atoms with van der Waals surface area (Å²) in [4.78, 5) is 53.5. The van der Waals surface area contributed by atoms with Crippen LogP contribution in [0.4, 0.5) is 0 Å². The van der Waals surface area contributed by atoms with Crippen molar-refractivity contribution in [3.05, 3.63) is 35.4 Å². The van der Waals surface area contributed by atoms with Gasteiger partial charge in [-0.1, -0.05) is 25.1 Å². The summed E-state index contributed by atoms with van der Waals surface area (Å²) in [6.45, 7) is 4.29. The van der Waals surface area contributed by atoms with Crippen LogP contribution in [0, 0.1) is 0 Å². The predicted molar refractivity (Wildman–Crippen MR) is 79.0 cm³/mol. The number of hydrogen-bond donors (Lipinski definition) is 1. The van der Waals surface area contributed by atoms with Gasteiger partial charge in [-0.05, 0) is 12.5 Å². The molecule has 0 aliphatic carbocycles. The highest BCUT2D eigenvalue weighted by atomic mass is 16.4. The molecule has 0 saturated heterocycles. The van der Waals surface area contributed by atoms with Gasteiger partial charge in [0, 0.05) is 25.8 Å². The summed E-state index contributed by atoms with van der Waals surface area (Å²) in [7, 11) is 0. The number of ketones is 4. The fourth-order valence-corrected chi connectivity index (χ4v) is 1.36. The quantitative estimate of drug-likeness (QED) is 0.637. The van der Waals surface area contributed by atoms with E-state index in [4.69, 9.17) is 5.11 Å². The molecule has 6 nitrogen and oxygen atoms in total. The third kappa shape index (κ3) is 6.21. The first kappa shape index (κ1) is 19.4. The van der Waals surface area contributed by atoms with Gasteiger partial charge in [0.15, 0.2) is 11.6 Å². The Morgan fingerprint density at radius 3 is 1.73 bits per heavy atom. The summed E-state index contributed by atoms with van der Waals surface area (Å²) in [6, 6.07) is 5.73. The fourth-order valence-electron chi connectivity index (χ4n) is 1.36. The molecule has 0 fully saturated rings. The van der Waals surface area contributed by atoms with Gasteiger partial charge in [-0.25, -0.2) is 4.79 Å². The van der Waals surface area contributed by atoms with Crippen LogP contribution in [0.2, 0.25) is 0 Å². The van der Waals surface area contributed by atoms with Crippen molar-refractivity contribution < 1.29 is 29.1 Å². The zero-order valence-electron chi connectivity index (χ0n) is 12.7. The number of aromatic carboxylic acids is 1. The van der Waals surface area contributed by atoms with Crippen molar-refractivity contribution in [2.45, 2.75) is 33.6 Å². The maximum atomic E-state index is 11.6. The Hall–Kier alpha value is -2.63. The van der Waals surface area contributed by atoms with Crippen LogP contribution >= 0.6 is 0 Å². The van der Waals surface area contributed by atoms with Gasteiger partial charge in [-0.2, -0.15) is 0 Å². The summed E-state index contributed by atoms with van der Waals surface area (Å²) < 4.78 is 0. The number of hydrogen-bond acceptors (Lipinski definition) is 5. The largest absolute Gasteiger partial charge is 0.478 e. The first-order valence-electron chi connectivity index (χ1n) is 6.63. The summed E-state index contributed by atoms with van der Waals surface area (Å²) >= 11 is 0. The molecule has 0 aliphatic rings. The minimum Gasteiger partial charge on any atom is -0.478 e. The zero-order chi connectivity index (χ0) is 17.3. The zero-order valence-corrected chi connectivity index (χ0v) is 12.7. The Bertz CT molecular complexity index is 588. The van der Waals surface area contributed by atoms with Gasteiger partial charge in [-0.15, -0.1) is 0 Å². The van der Waals surface area contributed by atoms with E-state index in [2.05, 4.69) is 0 Å². The van der Waals surface area contributed by atoms with Crippen molar-refractivity contribution in [2.24, 2.45) is 0 Å². The molecule has 1 aromatic carbocycles. The highest BCUT2D eigenvalue weighted by Crippen LogP contribution is 2.11. The monoisotopic (exact) mass is 306 g/mol. The number of Topliss-reactive ketones (excluding diaryl/α,β-unsaturated/α-hetero) is 4. The van der Waals surface area contributed by atoms with Crippen molar-refractivity contribution in [2.75, 3.05) is 0 Å². The molecule has 0 saturated carbocycles. The van der Waals surface area contributed by atoms with Gasteiger partial charge in [0.2, 0.25) is 11.6 Å².